The number of carbonyl (C=O) groups is 2. The number of benzene rings is 2. The number of halogens is 1. The number of β-amino-alcohol motifs (C(OH)–C–C–N with tert-alkyl or cyclic N) is 1. The Bertz CT molecular complexity index is 889. The maximum absolute atomic E-state index is 14.4. The zero-order chi connectivity index (χ0) is 18.8. The molecule has 1 unspecified atom stereocenters. The van der Waals surface area contributed by atoms with Crippen molar-refractivity contribution in [3.05, 3.63) is 76.6 Å². The summed E-state index contributed by atoms with van der Waals surface area (Å²) in [5.41, 5.74) is 1.23. The Morgan fingerprint density at radius 3 is 2.38 bits per heavy atom. The zero-order valence-electron chi connectivity index (χ0n) is 14.1. The lowest BCUT2D eigenvalue weighted by Gasteiger charge is -2.24. The second-order valence-corrected chi connectivity index (χ2v) is 6.10. The standard InChI is InChI=1S/C20H18FNO4/c1-12-6-8-13(9-7-12)18(24)16-17(14-4-2-3-5-15(14)21)22(10-11-23)20(26)19(16)25/h2-9,17,23-24H,10-11H2,1H3/b18-16+. The quantitative estimate of drug-likeness (QED) is 0.502. The Kier molecular flexibility index (Phi) is 4.86. The van der Waals surface area contributed by atoms with Crippen LogP contribution in [0.5, 0.6) is 0 Å². The van der Waals surface area contributed by atoms with E-state index in [1.165, 1.54) is 18.2 Å². The molecule has 1 aliphatic rings. The second-order valence-electron chi connectivity index (χ2n) is 6.10. The van der Waals surface area contributed by atoms with E-state index in [0.717, 1.165) is 10.5 Å². The maximum Gasteiger partial charge on any atom is 0.295 e. The molecular weight excluding hydrogens is 337 g/mol. The highest BCUT2D eigenvalue weighted by Crippen LogP contribution is 2.39. The SMILES string of the molecule is Cc1ccc(/C(O)=C2\C(=O)C(=O)N(CCO)C2c2ccccc2F)cc1. The molecule has 0 aromatic heterocycles. The number of rotatable bonds is 4. The predicted octanol–water partition coefficient (Wildman–Crippen LogP) is 2.55. The third kappa shape index (κ3) is 2.99. The van der Waals surface area contributed by atoms with Gasteiger partial charge in [-0.15, -0.1) is 0 Å². The first-order valence-electron chi connectivity index (χ1n) is 8.16. The lowest BCUT2D eigenvalue weighted by molar-refractivity contribution is -0.140. The Morgan fingerprint density at radius 1 is 1.12 bits per heavy atom. The number of Topliss-reactive ketones (excluding diaryl/α,β-unsaturated/α-hetero) is 1. The van der Waals surface area contributed by atoms with Crippen molar-refractivity contribution in [3.8, 4) is 0 Å². The molecule has 2 aromatic carbocycles. The molecule has 0 bridgehead atoms. The fourth-order valence-electron chi connectivity index (χ4n) is 3.11. The third-order valence-electron chi connectivity index (χ3n) is 4.41. The van der Waals surface area contributed by atoms with E-state index in [1.54, 1.807) is 30.3 Å². The molecule has 1 fully saturated rings. The highest BCUT2D eigenvalue weighted by atomic mass is 19.1. The summed E-state index contributed by atoms with van der Waals surface area (Å²) in [4.78, 5) is 26.0. The van der Waals surface area contributed by atoms with Gasteiger partial charge < -0.3 is 15.1 Å². The minimum absolute atomic E-state index is 0.0915. The lowest BCUT2D eigenvalue weighted by Crippen LogP contribution is -2.32. The molecule has 0 aliphatic carbocycles. The molecule has 134 valence electrons. The number of aliphatic hydroxyl groups excluding tert-OH is 2. The average Bonchev–Trinajstić information content (AvgIpc) is 2.87. The summed E-state index contributed by atoms with van der Waals surface area (Å²) in [6.07, 6.45) is 0. The van der Waals surface area contributed by atoms with Gasteiger partial charge in [-0.3, -0.25) is 9.59 Å². The summed E-state index contributed by atoms with van der Waals surface area (Å²) in [6.45, 7) is 1.35. The smallest absolute Gasteiger partial charge is 0.295 e. The third-order valence-corrected chi connectivity index (χ3v) is 4.41. The molecule has 26 heavy (non-hydrogen) atoms. The van der Waals surface area contributed by atoms with Gasteiger partial charge in [-0.2, -0.15) is 0 Å². The van der Waals surface area contributed by atoms with E-state index in [-0.39, 0.29) is 30.0 Å². The van der Waals surface area contributed by atoms with Crippen molar-refractivity contribution in [1.29, 1.82) is 0 Å². The summed E-state index contributed by atoms with van der Waals surface area (Å²) in [5, 5.41) is 20.0. The molecule has 0 radical (unpaired) electrons. The maximum atomic E-state index is 14.4. The predicted molar refractivity (Wildman–Crippen MR) is 93.7 cm³/mol. The number of aliphatic hydroxyl groups is 2. The molecule has 1 aliphatic heterocycles. The van der Waals surface area contributed by atoms with Crippen LogP contribution in [-0.2, 0) is 9.59 Å². The normalized spacial score (nSPS) is 19.2. The van der Waals surface area contributed by atoms with Crippen molar-refractivity contribution in [2.75, 3.05) is 13.2 Å². The Morgan fingerprint density at radius 2 is 1.77 bits per heavy atom. The van der Waals surface area contributed by atoms with Gasteiger partial charge in [0.15, 0.2) is 0 Å². The highest BCUT2D eigenvalue weighted by molar-refractivity contribution is 6.46. The van der Waals surface area contributed by atoms with E-state index < -0.39 is 23.5 Å². The van der Waals surface area contributed by atoms with Crippen LogP contribution in [-0.4, -0.2) is 40.0 Å². The van der Waals surface area contributed by atoms with E-state index in [0.29, 0.717) is 5.56 Å². The van der Waals surface area contributed by atoms with Crippen molar-refractivity contribution in [2.24, 2.45) is 0 Å². The summed E-state index contributed by atoms with van der Waals surface area (Å²) in [6, 6.07) is 11.4. The monoisotopic (exact) mass is 355 g/mol. The number of hydrogen-bond donors (Lipinski definition) is 2. The molecule has 2 aromatic rings. The van der Waals surface area contributed by atoms with Gasteiger partial charge in [0.05, 0.1) is 18.2 Å². The Hall–Kier alpha value is -2.99. The van der Waals surface area contributed by atoms with Crippen molar-refractivity contribution in [3.63, 3.8) is 0 Å². The number of likely N-dealkylation sites (tertiary alicyclic amines) is 1. The summed E-state index contributed by atoms with van der Waals surface area (Å²) in [7, 11) is 0. The molecule has 2 N–H and O–H groups in total. The molecule has 0 spiro atoms. The van der Waals surface area contributed by atoms with Crippen molar-refractivity contribution < 1.29 is 24.2 Å². The molecule has 1 saturated heterocycles. The van der Waals surface area contributed by atoms with Gasteiger partial charge in [0.1, 0.15) is 11.6 Å². The van der Waals surface area contributed by atoms with Crippen LogP contribution >= 0.6 is 0 Å². The molecule has 3 rings (SSSR count). The van der Waals surface area contributed by atoms with Crippen LogP contribution in [0.25, 0.3) is 5.76 Å². The summed E-state index contributed by atoms with van der Waals surface area (Å²) in [5.74, 6) is -2.74. The van der Waals surface area contributed by atoms with Gasteiger partial charge in [0, 0.05) is 17.7 Å². The fourth-order valence-corrected chi connectivity index (χ4v) is 3.11. The summed E-state index contributed by atoms with van der Waals surface area (Å²) >= 11 is 0. The number of nitrogens with zero attached hydrogens (tertiary/aromatic N) is 1. The van der Waals surface area contributed by atoms with Gasteiger partial charge in [0.25, 0.3) is 11.7 Å². The molecule has 1 heterocycles. The first kappa shape index (κ1) is 17.8. The van der Waals surface area contributed by atoms with E-state index >= 15 is 0 Å². The van der Waals surface area contributed by atoms with Gasteiger partial charge in [-0.1, -0.05) is 48.0 Å². The minimum atomic E-state index is -1.09. The fraction of sp³-hybridized carbons (Fsp3) is 0.200. The summed E-state index contributed by atoms with van der Waals surface area (Å²) < 4.78 is 14.4. The van der Waals surface area contributed by atoms with Crippen LogP contribution in [0.3, 0.4) is 0 Å². The van der Waals surface area contributed by atoms with Gasteiger partial charge in [-0.25, -0.2) is 4.39 Å². The number of hydrogen-bond acceptors (Lipinski definition) is 4. The van der Waals surface area contributed by atoms with E-state index in [4.69, 9.17) is 0 Å². The van der Waals surface area contributed by atoms with Gasteiger partial charge >= 0.3 is 0 Å². The van der Waals surface area contributed by atoms with Crippen LogP contribution in [0, 0.1) is 12.7 Å². The Labute approximate surface area is 150 Å². The molecule has 1 atom stereocenters. The van der Waals surface area contributed by atoms with Crippen LogP contribution in [0.15, 0.2) is 54.1 Å². The zero-order valence-corrected chi connectivity index (χ0v) is 14.1. The van der Waals surface area contributed by atoms with E-state index in [9.17, 15) is 24.2 Å². The van der Waals surface area contributed by atoms with E-state index in [2.05, 4.69) is 0 Å². The largest absolute Gasteiger partial charge is 0.507 e. The lowest BCUT2D eigenvalue weighted by atomic mass is 9.94. The number of ketones is 1. The number of aryl methyl sites for hydroxylation is 1. The van der Waals surface area contributed by atoms with Crippen LogP contribution < -0.4 is 0 Å². The average molecular weight is 355 g/mol. The van der Waals surface area contributed by atoms with Crippen LogP contribution in [0.1, 0.15) is 22.7 Å². The van der Waals surface area contributed by atoms with Gasteiger partial charge in [-0.05, 0) is 13.0 Å². The first-order chi connectivity index (χ1) is 12.5. The number of carbonyl (C=O) groups excluding carboxylic acids is 2. The van der Waals surface area contributed by atoms with Crippen LogP contribution in [0.4, 0.5) is 4.39 Å². The van der Waals surface area contributed by atoms with Crippen molar-refractivity contribution in [2.45, 2.75) is 13.0 Å². The second kappa shape index (κ2) is 7.09. The molecule has 1 amide bonds. The molecule has 6 heteroatoms. The minimum Gasteiger partial charge on any atom is -0.507 e. The van der Waals surface area contributed by atoms with Gasteiger partial charge in [0.2, 0.25) is 0 Å². The van der Waals surface area contributed by atoms with Crippen molar-refractivity contribution >= 4 is 17.4 Å². The number of amides is 1. The first-order valence-corrected chi connectivity index (χ1v) is 8.16. The highest BCUT2D eigenvalue weighted by Gasteiger charge is 2.46. The molecular formula is C20H18FNO4. The molecule has 0 saturated carbocycles. The van der Waals surface area contributed by atoms with Crippen molar-refractivity contribution in [1.82, 2.24) is 4.90 Å². The van der Waals surface area contributed by atoms with E-state index in [1.807, 2.05) is 6.92 Å². The Balaban J connectivity index is 2.21. The van der Waals surface area contributed by atoms with Crippen LogP contribution in [0.2, 0.25) is 0 Å². The topological polar surface area (TPSA) is 77.8 Å². The molecule has 5 nitrogen and oxygen atoms in total.